The van der Waals surface area contributed by atoms with Gasteiger partial charge in [0.15, 0.2) is 0 Å². The molecule has 1 heterocycles. The molecule has 1 fully saturated rings. The van der Waals surface area contributed by atoms with E-state index in [0.717, 1.165) is 59.2 Å². The van der Waals surface area contributed by atoms with Crippen molar-refractivity contribution in [2.24, 2.45) is 0 Å². The molecule has 208 valence electrons. The van der Waals surface area contributed by atoms with E-state index < -0.39 is 0 Å². The van der Waals surface area contributed by atoms with Crippen molar-refractivity contribution in [3.05, 3.63) is 105 Å². The number of rotatable bonds is 6. The van der Waals surface area contributed by atoms with E-state index >= 15 is 0 Å². The van der Waals surface area contributed by atoms with Gasteiger partial charge < -0.3 is 15.7 Å². The Morgan fingerprint density at radius 3 is 1.88 bits per heavy atom. The van der Waals surface area contributed by atoms with Crippen LogP contribution in [0.5, 0.6) is 0 Å². The van der Waals surface area contributed by atoms with Crippen LogP contribution < -0.4 is 10.6 Å². The Hall–Kier alpha value is -3.15. The second kappa shape index (κ2) is 10.9. The van der Waals surface area contributed by atoms with Gasteiger partial charge in [0.2, 0.25) is 5.91 Å². The molecule has 2 aliphatic carbocycles. The highest BCUT2D eigenvalue weighted by Gasteiger charge is 2.26. The molecule has 3 atom stereocenters. The number of carbonyl (C=O) groups is 1. The van der Waals surface area contributed by atoms with Gasteiger partial charge in [0, 0.05) is 47.3 Å². The Balaban J connectivity index is 1.14. The van der Waals surface area contributed by atoms with Crippen LogP contribution >= 0.6 is 23.2 Å². The molecule has 4 nitrogen and oxygen atoms in total. The number of hydrogen-bond donors (Lipinski definition) is 3. The molecule has 4 aromatic carbocycles. The first-order valence-electron chi connectivity index (χ1n) is 14.5. The zero-order valence-corrected chi connectivity index (χ0v) is 24.2. The van der Waals surface area contributed by atoms with Gasteiger partial charge in [-0.3, -0.25) is 4.79 Å². The Bertz CT molecular complexity index is 1670. The summed E-state index contributed by atoms with van der Waals surface area (Å²) in [5.41, 5.74) is 11.0. The number of aliphatic hydroxyl groups is 1. The summed E-state index contributed by atoms with van der Waals surface area (Å²) in [5.74, 6) is 0.159. The summed E-state index contributed by atoms with van der Waals surface area (Å²) in [6.07, 6.45) is 4.60. The Morgan fingerprint density at radius 2 is 1.27 bits per heavy atom. The van der Waals surface area contributed by atoms with Gasteiger partial charge in [0.1, 0.15) is 0 Å². The topological polar surface area (TPSA) is 61.4 Å². The highest BCUT2D eigenvalue weighted by atomic mass is 35.5. The second-order valence-electron chi connectivity index (χ2n) is 11.7. The van der Waals surface area contributed by atoms with Crippen molar-refractivity contribution in [3.8, 4) is 33.4 Å². The summed E-state index contributed by atoms with van der Waals surface area (Å²) >= 11 is 14.2. The molecule has 1 aliphatic heterocycles. The standard InChI is InChI=1S/C35H32Cl2N2O2/c36-34-29(22-9-7-20-15-27(16-24(20)13-22)38-19-26-11-12-33(41)39-26)3-1-5-31(34)32-6-2-4-30(35(32)37)23-10-8-21-17-28(40)18-25(21)14-23/h1-10,13-14,26-28,38,40H,11-12,15-19H2,(H,39,41). The number of fused-ring (bicyclic) bond motifs is 2. The summed E-state index contributed by atoms with van der Waals surface area (Å²) in [6.45, 7) is 0.818. The summed E-state index contributed by atoms with van der Waals surface area (Å²) in [4.78, 5) is 11.5. The molecule has 0 saturated carbocycles. The maximum Gasteiger partial charge on any atom is 0.220 e. The lowest BCUT2D eigenvalue weighted by Gasteiger charge is -2.16. The maximum absolute atomic E-state index is 11.5. The number of aliphatic hydroxyl groups excluding tert-OH is 1. The van der Waals surface area contributed by atoms with E-state index in [0.29, 0.717) is 35.3 Å². The smallest absolute Gasteiger partial charge is 0.220 e. The number of carbonyl (C=O) groups excluding carboxylic acids is 1. The first kappa shape index (κ1) is 26.7. The van der Waals surface area contributed by atoms with Crippen molar-refractivity contribution in [2.45, 2.75) is 56.7 Å². The number of nitrogens with one attached hydrogen (secondary N) is 2. The predicted octanol–water partition coefficient (Wildman–Crippen LogP) is 6.79. The third kappa shape index (κ3) is 5.19. The fourth-order valence-corrected chi connectivity index (χ4v) is 7.43. The Kier molecular flexibility index (Phi) is 7.12. The molecule has 0 bridgehead atoms. The molecule has 3 N–H and O–H groups in total. The van der Waals surface area contributed by atoms with Crippen LogP contribution in [-0.2, 0) is 30.5 Å². The van der Waals surface area contributed by atoms with Crippen LogP contribution in [0.3, 0.4) is 0 Å². The Morgan fingerprint density at radius 1 is 0.732 bits per heavy atom. The van der Waals surface area contributed by atoms with Crippen LogP contribution in [0.15, 0.2) is 72.8 Å². The maximum atomic E-state index is 11.5. The lowest BCUT2D eigenvalue weighted by molar-refractivity contribution is -0.119. The average Bonchev–Trinajstić information content (AvgIpc) is 3.68. The van der Waals surface area contributed by atoms with Gasteiger partial charge in [0.25, 0.3) is 0 Å². The number of hydrogen-bond acceptors (Lipinski definition) is 3. The van der Waals surface area contributed by atoms with Crippen LogP contribution in [0, 0.1) is 0 Å². The molecule has 4 aromatic rings. The molecule has 7 rings (SSSR count). The lowest BCUT2D eigenvalue weighted by Crippen LogP contribution is -2.40. The third-order valence-corrected chi connectivity index (χ3v) is 9.72. The summed E-state index contributed by atoms with van der Waals surface area (Å²) in [7, 11) is 0. The Labute approximate surface area is 250 Å². The van der Waals surface area contributed by atoms with E-state index in [1.54, 1.807) is 0 Å². The molecule has 0 radical (unpaired) electrons. The summed E-state index contributed by atoms with van der Waals surface area (Å²) < 4.78 is 0. The van der Waals surface area contributed by atoms with Crippen molar-refractivity contribution in [2.75, 3.05) is 6.54 Å². The van der Waals surface area contributed by atoms with Gasteiger partial charge in [-0.15, -0.1) is 0 Å². The van der Waals surface area contributed by atoms with Gasteiger partial charge in [-0.1, -0.05) is 96.0 Å². The fraction of sp³-hybridized carbons (Fsp3) is 0.286. The van der Waals surface area contributed by atoms with Crippen LogP contribution in [0.2, 0.25) is 10.0 Å². The van der Waals surface area contributed by atoms with Crippen LogP contribution in [0.25, 0.3) is 33.4 Å². The number of halogens is 2. The largest absolute Gasteiger partial charge is 0.392 e. The van der Waals surface area contributed by atoms with Crippen molar-refractivity contribution in [3.63, 3.8) is 0 Å². The van der Waals surface area contributed by atoms with Crippen LogP contribution in [-0.4, -0.2) is 35.7 Å². The normalized spacial score (nSPS) is 21.1. The molecular weight excluding hydrogens is 551 g/mol. The van der Waals surface area contributed by atoms with E-state index in [2.05, 4.69) is 53.1 Å². The van der Waals surface area contributed by atoms with E-state index in [4.69, 9.17) is 23.2 Å². The minimum atomic E-state index is -0.300. The molecule has 0 spiro atoms. The first-order valence-corrected chi connectivity index (χ1v) is 15.2. The molecule has 1 amide bonds. The molecule has 3 unspecified atom stereocenters. The van der Waals surface area contributed by atoms with E-state index in [9.17, 15) is 9.90 Å². The zero-order valence-electron chi connectivity index (χ0n) is 22.7. The van der Waals surface area contributed by atoms with Gasteiger partial charge >= 0.3 is 0 Å². The number of benzene rings is 4. The molecule has 6 heteroatoms. The van der Waals surface area contributed by atoms with Crippen molar-refractivity contribution < 1.29 is 9.90 Å². The van der Waals surface area contributed by atoms with Crippen LogP contribution in [0.4, 0.5) is 0 Å². The first-order chi connectivity index (χ1) is 19.9. The molecule has 0 aromatic heterocycles. The minimum absolute atomic E-state index is 0.159. The van der Waals surface area contributed by atoms with Crippen molar-refractivity contribution in [1.29, 1.82) is 0 Å². The minimum Gasteiger partial charge on any atom is -0.392 e. The van der Waals surface area contributed by atoms with Gasteiger partial charge in [-0.25, -0.2) is 0 Å². The SMILES string of the molecule is O=C1CCC(CNC2Cc3ccc(-c4cccc(-c5cccc(-c6ccc7c(c6)CC(O)C7)c5Cl)c4Cl)cc3C2)N1. The number of amides is 1. The highest BCUT2D eigenvalue weighted by molar-refractivity contribution is 6.39. The van der Waals surface area contributed by atoms with Crippen molar-refractivity contribution in [1.82, 2.24) is 10.6 Å². The zero-order chi connectivity index (χ0) is 28.1. The lowest BCUT2D eigenvalue weighted by atomic mass is 9.94. The average molecular weight is 584 g/mol. The second-order valence-corrected chi connectivity index (χ2v) is 12.4. The van der Waals surface area contributed by atoms with E-state index in [1.165, 1.54) is 22.3 Å². The predicted molar refractivity (Wildman–Crippen MR) is 167 cm³/mol. The summed E-state index contributed by atoms with van der Waals surface area (Å²) in [5, 5.41) is 18.2. The van der Waals surface area contributed by atoms with Gasteiger partial charge in [0.05, 0.1) is 16.1 Å². The monoisotopic (exact) mass is 582 g/mol. The van der Waals surface area contributed by atoms with E-state index in [-0.39, 0.29) is 18.1 Å². The summed E-state index contributed by atoms with van der Waals surface area (Å²) in [6, 6.07) is 25.9. The van der Waals surface area contributed by atoms with Crippen molar-refractivity contribution >= 4 is 29.1 Å². The molecule has 1 saturated heterocycles. The molecular formula is C35H32Cl2N2O2. The van der Waals surface area contributed by atoms with Crippen LogP contribution in [0.1, 0.15) is 35.1 Å². The van der Waals surface area contributed by atoms with Gasteiger partial charge in [-0.05, 0) is 65.5 Å². The molecule has 41 heavy (non-hydrogen) atoms. The third-order valence-electron chi connectivity index (χ3n) is 8.90. The highest BCUT2D eigenvalue weighted by Crippen LogP contribution is 2.43. The molecule has 3 aliphatic rings. The van der Waals surface area contributed by atoms with Gasteiger partial charge in [-0.2, -0.15) is 0 Å². The quantitative estimate of drug-likeness (QED) is 0.234. The fourth-order valence-electron chi connectivity index (χ4n) is 6.76. The van der Waals surface area contributed by atoms with E-state index in [1.807, 2.05) is 30.3 Å².